The van der Waals surface area contributed by atoms with Crippen LogP contribution in [0.4, 0.5) is 11.4 Å². The Hall–Kier alpha value is -2.83. The van der Waals surface area contributed by atoms with Crippen LogP contribution in [0.5, 0.6) is 0 Å². The van der Waals surface area contributed by atoms with Crippen molar-refractivity contribution in [3.05, 3.63) is 75.8 Å². The molecule has 7 heteroatoms. The van der Waals surface area contributed by atoms with Crippen LogP contribution in [0, 0.1) is 20.8 Å². The number of carbonyl (C=O) groups excluding carboxylic acids is 1. The van der Waals surface area contributed by atoms with Crippen LogP contribution in [-0.2, 0) is 6.42 Å². The number of imidazole rings is 1. The van der Waals surface area contributed by atoms with Gasteiger partial charge < -0.3 is 14.8 Å². The van der Waals surface area contributed by atoms with E-state index in [1.807, 2.05) is 42.2 Å². The number of para-hydroxylation sites is 1. The first-order valence-corrected chi connectivity index (χ1v) is 13.4. The number of amides is 1. The fraction of sp³-hybridized carbons (Fsp3) is 0.448. The molecule has 0 atom stereocenters. The molecule has 2 heterocycles. The first kappa shape index (κ1) is 26.2. The molecule has 0 radical (unpaired) electrons. The van der Waals surface area contributed by atoms with Gasteiger partial charge in [0.15, 0.2) is 0 Å². The second-order valence-electron chi connectivity index (χ2n) is 9.72. The number of aromatic nitrogens is 2. The zero-order valence-electron chi connectivity index (χ0n) is 22.0. The third kappa shape index (κ3) is 5.93. The van der Waals surface area contributed by atoms with Crippen LogP contribution in [-0.4, -0.2) is 60.0 Å². The zero-order valence-corrected chi connectivity index (χ0v) is 22.7. The molecule has 192 valence electrons. The fourth-order valence-electron chi connectivity index (χ4n) is 5.01. The number of H-pyrrole nitrogens is 1. The largest absolute Gasteiger partial charge is 0.369 e. The minimum Gasteiger partial charge on any atom is -0.369 e. The van der Waals surface area contributed by atoms with Crippen molar-refractivity contribution < 1.29 is 4.79 Å². The van der Waals surface area contributed by atoms with Crippen LogP contribution < -0.4 is 9.80 Å². The number of nitrogens with one attached hydrogen (secondary N) is 1. The third-order valence-electron chi connectivity index (χ3n) is 7.08. The molecule has 0 aliphatic carbocycles. The molecule has 36 heavy (non-hydrogen) atoms. The van der Waals surface area contributed by atoms with Gasteiger partial charge in [-0.25, -0.2) is 4.98 Å². The number of carbonyl (C=O) groups is 1. The quantitative estimate of drug-likeness (QED) is 0.397. The molecular formula is C29H38ClN5O. The molecular weight excluding hydrogens is 470 g/mol. The summed E-state index contributed by atoms with van der Waals surface area (Å²) in [5, 5.41) is 0.824. The second kappa shape index (κ2) is 11.9. The van der Waals surface area contributed by atoms with Gasteiger partial charge >= 0.3 is 0 Å². The van der Waals surface area contributed by atoms with Crippen LogP contribution in [0.25, 0.3) is 0 Å². The van der Waals surface area contributed by atoms with Crippen molar-refractivity contribution in [2.24, 2.45) is 0 Å². The Kier molecular flexibility index (Phi) is 8.70. The molecule has 1 N–H and O–H groups in total. The number of nitrogens with zero attached hydrogens (tertiary/aromatic N) is 4. The maximum atomic E-state index is 13.7. The van der Waals surface area contributed by atoms with Crippen molar-refractivity contribution in [3.63, 3.8) is 0 Å². The highest BCUT2D eigenvalue weighted by molar-refractivity contribution is 6.31. The Labute approximate surface area is 220 Å². The van der Waals surface area contributed by atoms with E-state index in [-0.39, 0.29) is 5.91 Å². The Morgan fingerprint density at radius 3 is 2.53 bits per heavy atom. The van der Waals surface area contributed by atoms with Crippen LogP contribution in [0.1, 0.15) is 52.9 Å². The Morgan fingerprint density at radius 2 is 1.81 bits per heavy atom. The molecule has 4 rings (SSSR count). The molecule has 1 aromatic heterocycles. The van der Waals surface area contributed by atoms with Gasteiger partial charge in [0, 0.05) is 61.2 Å². The summed E-state index contributed by atoms with van der Waals surface area (Å²) in [5.74, 6) is 0.859. The molecule has 0 bridgehead atoms. The van der Waals surface area contributed by atoms with E-state index in [4.69, 9.17) is 11.6 Å². The van der Waals surface area contributed by atoms with E-state index in [1.54, 1.807) is 0 Å². The van der Waals surface area contributed by atoms with Crippen molar-refractivity contribution >= 4 is 28.9 Å². The van der Waals surface area contributed by atoms with Crippen molar-refractivity contribution in [1.29, 1.82) is 0 Å². The number of aromatic amines is 1. The molecule has 1 aliphatic heterocycles. The lowest BCUT2D eigenvalue weighted by Gasteiger charge is -2.37. The minimum atomic E-state index is -0.0262. The summed E-state index contributed by atoms with van der Waals surface area (Å²) < 4.78 is 0. The van der Waals surface area contributed by atoms with Crippen LogP contribution in [0.2, 0.25) is 5.02 Å². The molecule has 1 fully saturated rings. The second-order valence-corrected chi connectivity index (χ2v) is 10.1. The standard InChI is InChI=1S/C29H38ClN5O/c1-5-10-27-31-23(4)28(32-27)29(36)35(25-13-7-6-11-21(25)2)16-9-15-33-17-19-34(20-18-33)26-14-8-12-24(30)22(26)3/h6-8,11-14H,5,9-10,15-20H2,1-4H3,(H,31,32). The van der Waals surface area contributed by atoms with Crippen molar-refractivity contribution in [2.45, 2.75) is 47.0 Å². The van der Waals surface area contributed by atoms with E-state index in [0.717, 1.165) is 85.3 Å². The van der Waals surface area contributed by atoms with E-state index in [1.165, 1.54) is 5.69 Å². The van der Waals surface area contributed by atoms with E-state index in [9.17, 15) is 4.79 Å². The van der Waals surface area contributed by atoms with Gasteiger partial charge in [0.25, 0.3) is 5.91 Å². The van der Waals surface area contributed by atoms with Crippen molar-refractivity contribution in [3.8, 4) is 0 Å². The lowest BCUT2D eigenvalue weighted by atomic mass is 10.1. The van der Waals surface area contributed by atoms with E-state index in [2.05, 4.69) is 52.7 Å². The number of halogens is 1. The van der Waals surface area contributed by atoms with Crippen LogP contribution in [0.3, 0.4) is 0 Å². The van der Waals surface area contributed by atoms with Gasteiger partial charge in [0.05, 0.1) is 0 Å². The normalized spacial score (nSPS) is 14.3. The number of piperazine rings is 1. The smallest absolute Gasteiger partial charge is 0.278 e. The van der Waals surface area contributed by atoms with Gasteiger partial charge in [-0.05, 0) is 69.5 Å². The summed E-state index contributed by atoms with van der Waals surface area (Å²) in [6, 6.07) is 14.3. The average molecular weight is 508 g/mol. The summed E-state index contributed by atoms with van der Waals surface area (Å²) >= 11 is 6.34. The lowest BCUT2D eigenvalue weighted by molar-refractivity contribution is 0.0980. The van der Waals surface area contributed by atoms with Gasteiger partial charge in [0.2, 0.25) is 0 Å². The van der Waals surface area contributed by atoms with Gasteiger partial charge in [0.1, 0.15) is 11.5 Å². The third-order valence-corrected chi connectivity index (χ3v) is 7.49. The number of hydrogen-bond donors (Lipinski definition) is 1. The predicted octanol–water partition coefficient (Wildman–Crippen LogP) is 5.80. The first-order chi connectivity index (χ1) is 17.4. The molecule has 0 unspecified atom stereocenters. The molecule has 3 aromatic rings. The molecule has 1 amide bonds. The molecule has 1 aliphatic rings. The molecule has 0 spiro atoms. The highest BCUT2D eigenvalue weighted by Crippen LogP contribution is 2.27. The maximum absolute atomic E-state index is 13.7. The summed E-state index contributed by atoms with van der Waals surface area (Å²) in [6.07, 6.45) is 2.74. The Morgan fingerprint density at radius 1 is 1.06 bits per heavy atom. The van der Waals surface area contributed by atoms with Crippen LogP contribution >= 0.6 is 11.6 Å². The predicted molar refractivity (Wildman–Crippen MR) is 150 cm³/mol. The van der Waals surface area contributed by atoms with E-state index < -0.39 is 0 Å². The average Bonchev–Trinajstić information content (AvgIpc) is 3.24. The summed E-state index contributed by atoms with van der Waals surface area (Å²) in [7, 11) is 0. The lowest BCUT2D eigenvalue weighted by Crippen LogP contribution is -2.47. The van der Waals surface area contributed by atoms with Gasteiger partial charge in [-0.1, -0.05) is 42.8 Å². The van der Waals surface area contributed by atoms with Crippen molar-refractivity contribution in [1.82, 2.24) is 14.9 Å². The monoisotopic (exact) mass is 507 g/mol. The summed E-state index contributed by atoms with van der Waals surface area (Å²) in [4.78, 5) is 28.5. The van der Waals surface area contributed by atoms with E-state index in [0.29, 0.717) is 12.2 Å². The molecule has 2 aromatic carbocycles. The molecule has 0 saturated carbocycles. The van der Waals surface area contributed by atoms with E-state index >= 15 is 0 Å². The number of anilines is 2. The number of aryl methyl sites for hydroxylation is 3. The number of benzene rings is 2. The Balaban J connectivity index is 1.40. The highest BCUT2D eigenvalue weighted by Gasteiger charge is 2.25. The first-order valence-electron chi connectivity index (χ1n) is 13.0. The summed E-state index contributed by atoms with van der Waals surface area (Å²) in [5.41, 5.74) is 5.81. The van der Waals surface area contributed by atoms with Crippen molar-refractivity contribution in [2.75, 3.05) is 49.1 Å². The van der Waals surface area contributed by atoms with Gasteiger partial charge in [-0.2, -0.15) is 0 Å². The Bertz CT molecular complexity index is 1180. The summed E-state index contributed by atoms with van der Waals surface area (Å²) in [6.45, 7) is 13.8. The SMILES string of the molecule is CCCc1nc(C(=O)N(CCCN2CCN(c3cccc(Cl)c3C)CC2)c2ccccc2C)c(C)[nH]1. The minimum absolute atomic E-state index is 0.0262. The van der Waals surface area contributed by atoms with Gasteiger partial charge in [-0.3, -0.25) is 9.69 Å². The fourth-order valence-corrected chi connectivity index (χ4v) is 5.18. The van der Waals surface area contributed by atoms with Crippen LogP contribution in [0.15, 0.2) is 42.5 Å². The topological polar surface area (TPSA) is 55.5 Å². The van der Waals surface area contributed by atoms with Gasteiger partial charge in [-0.15, -0.1) is 0 Å². The number of rotatable bonds is 9. The zero-order chi connectivity index (χ0) is 25.7. The number of hydrogen-bond acceptors (Lipinski definition) is 4. The highest BCUT2D eigenvalue weighted by atomic mass is 35.5. The molecule has 1 saturated heterocycles. The molecule has 6 nitrogen and oxygen atoms in total. The maximum Gasteiger partial charge on any atom is 0.278 e.